The van der Waals surface area contributed by atoms with Gasteiger partial charge < -0.3 is 5.11 Å². The standard InChI is InChI=1S/C12H26OS/c1-5-6-7-8-9-11(13)10-14-12(2,3)4/h11,13H,5-10H2,1-4H3/t11-/m0/s1. The molecule has 0 aliphatic rings. The van der Waals surface area contributed by atoms with E-state index < -0.39 is 0 Å². The van der Waals surface area contributed by atoms with E-state index in [0.29, 0.717) is 0 Å². The van der Waals surface area contributed by atoms with Crippen molar-refractivity contribution in [2.45, 2.75) is 70.7 Å². The van der Waals surface area contributed by atoms with Crippen molar-refractivity contribution >= 4 is 11.8 Å². The second-order valence-electron chi connectivity index (χ2n) is 4.93. The van der Waals surface area contributed by atoms with Gasteiger partial charge in [0.1, 0.15) is 0 Å². The predicted octanol–water partition coefficient (Wildman–Crippen LogP) is 3.85. The average molecular weight is 218 g/mol. The third-order valence-electron chi connectivity index (χ3n) is 2.10. The molecule has 0 aromatic rings. The molecule has 2 heteroatoms. The molecule has 1 N–H and O–H groups in total. The van der Waals surface area contributed by atoms with E-state index in [1.165, 1.54) is 25.7 Å². The highest BCUT2D eigenvalue weighted by Gasteiger charge is 2.13. The lowest BCUT2D eigenvalue weighted by Gasteiger charge is -2.19. The van der Waals surface area contributed by atoms with Gasteiger partial charge in [-0.25, -0.2) is 0 Å². The van der Waals surface area contributed by atoms with Crippen LogP contribution in [0.15, 0.2) is 0 Å². The van der Waals surface area contributed by atoms with Crippen LogP contribution in [0.4, 0.5) is 0 Å². The van der Waals surface area contributed by atoms with E-state index >= 15 is 0 Å². The minimum atomic E-state index is -0.101. The number of hydrogen-bond acceptors (Lipinski definition) is 2. The molecule has 0 radical (unpaired) electrons. The zero-order valence-electron chi connectivity index (χ0n) is 10.2. The summed E-state index contributed by atoms with van der Waals surface area (Å²) in [6.45, 7) is 8.80. The van der Waals surface area contributed by atoms with Crippen LogP contribution in [-0.4, -0.2) is 21.7 Å². The van der Waals surface area contributed by atoms with E-state index in [9.17, 15) is 5.11 Å². The Morgan fingerprint density at radius 1 is 1.14 bits per heavy atom. The first kappa shape index (κ1) is 14.3. The lowest BCUT2D eigenvalue weighted by molar-refractivity contribution is 0.184. The molecule has 1 atom stereocenters. The third kappa shape index (κ3) is 10.4. The quantitative estimate of drug-likeness (QED) is 0.655. The molecular formula is C12H26OS. The first-order chi connectivity index (χ1) is 6.45. The van der Waals surface area contributed by atoms with E-state index in [1.807, 2.05) is 11.8 Å². The lowest BCUT2D eigenvalue weighted by atomic mass is 10.1. The van der Waals surface area contributed by atoms with Crippen LogP contribution in [0.1, 0.15) is 59.8 Å². The van der Waals surface area contributed by atoms with Crippen LogP contribution in [0.25, 0.3) is 0 Å². The van der Waals surface area contributed by atoms with Crippen molar-refractivity contribution in [2.75, 3.05) is 5.75 Å². The Morgan fingerprint density at radius 2 is 1.79 bits per heavy atom. The Morgan fingerprint density at radius 3 is 2.29 bits per heavy atom. The molecule has 14 heavy (non-hydrogen) atoms. The molecule has 86 valence electrons. The first-order valence-electron chi connectivity index (χ1n) is 5.77. The second-order valence-corrected chi connectivity index (χ2v) is 6.77. The summed E-state index contributed by atoms with van der Waals surface area (Å²) in [4.78, 5) is 0. The van der Waals surface area contributed by atoms with Crippen molar-refractivity contribution in [2.24, 2.45) is 0 Å². The summed E-state index contributed by atoms with van der Waals surface area (Å²) in [6.07, 6.45) is 5.90. The largest absolute Gasteiger partial charge is 0.392 e. The van der Waals surface area contributed by atoms with E-state index in [1.54, 1.807) is 0 Å². The number of aliphatic hydroxyl groups excluding tert-OH is 1. The monoisotopic (exact) mass is 218 g/mol. The fraction of sp³-hybridized carbons (Fsp3) is 1.00. The molecule has 0 aromatic carbocycles. The highest BCUT2D eigenvalue weighted by molar-refractivity contribution is 8.00. The smallest absolute Gasteiger partial charge is 0.0630 e. The van der Waals surface area contributed by atoms with Gasteiger partial charge in [0.05, 0.1) is 6.10 Å². The van der Waals surface area contributed by atoms with Gasteiger partial charge in [0.2, 0.25) is 0 Å². The number of hydrogen-bond donors (Lipinski definition) is 1. The summed E-state index contributed by atoms with van der Waals surface area (Å²) in [5.41, 5.74) is 0. The summed E-state index contributed by atoms with van der Waals surface area (Å²) >= 11 is 1.86. The SMILES string of the molecule is CCCCCC[C@H](O)CSC(C)(C)C. The summed E-state index contributed by atoms with van der Waals surface area (Å²) < 4.78 is 0.282. The maximum atomic E-state index is 9.69. The van der Waals surface area contributed by atoms with Crippen molar-refractivity contribution in [1.29, 1.82) is 0 Å². The lowest BCUT2D eigenvalue weighted by Crippen LogP contribution is -2.16. The summed E-state index contributed by atoms with van der Waals surface area (Å²) in [6, 6.07) is 0. The summed E-state index contributed by atoms with van der Waals surface area (Å²) in [5, 5.41) is 9.69. The van der Waals surface area contributed by atoms with E-state index in [4.69, 9.17) is 0 Å². The van der Waals surface area contributed by atoms with Crippen molar-refractivity contribution in [3.05, 3.63) is 0 Å². The zero-order chi connectivity index (χ0) is 11.0. The zero-order valence-corrected chi connectivity index (χ0v) is 11.0. The Kier molecular flexibility index (Phi) is 7.75. The molecule has 0 saturated carbocycles. The third-order valence-corrected chi connectivity index (χ3v) is 3.52. The van der Waals surface area contributed by atoms with E-state index in [0.717, 1.165) is 12.2 Å². The number of thioether (sulfide) groups is 1. The van der Waals surface area contributed by atoms with E-state index in [-0.39, 0.29) is 10.9 Å². The Balaban J connectivity index is 3.32. The minimum Gasteiger partial charge on any atom is -0.392 e. The fourth-order valence-electron chi connectivity index (χ4n) is 1.24. The van der Waals surface area contributed by atoms with Gasteiger partial charge in [-0.1, -0.05) is 53.4 Å². The molecule has 1 nitrogen and oxygen atoms in total. The molecule has 0 bridgehead atoms. The van der Waals surface area contributed by atoms with Crippen LogP contribution >= 0.6 is 11.8 Å². The molecule has 0 unspecified atom stereocenters. The topological polar surface area (TPSA) is 20.2 Å². The Bertz CT molecular complexity index is 129. The van der Waals surface area contributed by atoms with Gasteiger partial charge in [0.25, 0.3) is 0 Å². The molecule has 0 saturated heterocycles. The van der Waals surface area contributed by atoms with Crippen LogP contribution in [0.3, 0.4) is 0 Å². The van der Waals surface area contributed by atoms with E-state index in [2.05, 4.69) is 27.7 Å². The Hall–Kier alpha value is 0.310. The van der Waals surface area contributed by atoms with Gasteiger partial charge in [-0.15, -0.1) is 0 Å². The first-order valence-corrected chi connectivity index (χ1v) is 6.76. The summed E-state index contributed by atoms with van der Waals surface area (Å²) in [5.74, 6) is 0.885. The minimum absolute atomic E-state index is 0.101. The molecule has 0 aliphatic heterocycles. The van der Waals surface area contributed by atoms with Gasteiger partial charge in [0.15, 0.2) is 0 Å². The predicted molar refractivity (Wildman–Crippen MR) is 67.0 cm³/mol. The molecule has 0 spiro atoms. The van der Waals surface area contributed by atoms with Crippen molar-refractivity contribution in [3.8, 4) is 0 Å². The normalized spacial score (nSPS) is 14.4. The van der Waals surface area contributed by atoms with Crippen LogP contribution < -0.4 is 0 Å². The van der Waals surface area contributed by atoms with Crippen LogP contribution in [0.5, 0.6) is 0 Å². The number of unbranched alkanes of at least 4 members (excludes halogenated alkanes) is 3. The van der Waals surface area contributed by atoms with Gasteiger partial charge >= 0.3 is 0 Å². The van der Waals surface area contributed by atoms with Crippen molar-refractivity contribution in [1.82, 2.24) is 0 Å². The molecule has 0 aliphatic carbocycles. The van der Waals surface area contributed by atoms with Gasteiger partial charge in [-0.3, -0.25) is 0 Å². The van der Waals surface area contributed by atoms with Gasteiger partial charge in [-0.2, -0.15) is 11.8 Å². The van der Waals surface area contributed by atoms with Crippen molar-refractivity contribution < 1.29 is 5.11 Å². The van der Waals surface area contributed by atoms with Gasteiger partial charge in [-0.05, 0) is 6.42 Å². The Labute approximate surface area is 93.7 Å². The van der Waals surface area contributed by atoms with Crippen molar-refractivity contribution in [3.63, 3.8) is 0 Å². The number of rotatable bonds is 7. The summed E-state index contributed by atoms with van der Waals surface area (Å²) in [7, 11) is 0. The highest BCUT2D eigenvalue weighted by atomic mass is 32.2. The van der Waals surface area contributed by atoms with Crippen LogP contribution in [0.2, 0.25) is 0 Å². The molecule has 0 heterocycles. The second kappa shape index (κ2) is 7.58. The van der Waals surface area contributed by atoms with Gasteiger partial charge in [0, 0.05) is 10.5 Å². The molecule has 0 rings (SSSR count). The maximum Gasteiger partial charge on any atom is 0.0630 e. The maximum absolute atomic E-state index is 9.69. The molecule has 0 aromatic heterocycles. The molecule has 0 fully saturated rings. The van der Waals surface area contributed by atoms with Crippen LogP contribution in [0, 0.1) is 0 Å². The molecule has 0 amide bonds. The molecular weight excluding hydrogens is 192 g/mol. The fourth-order valence-corrected chi connectivity index (χ4v) is 2.10. The number of aliphatic hydroxyl groups is 1. The van der Waals surface area contributed by atoms with Crippen LogP contribution in [-0.2, 0) is 0 Å². The highest BCUT2D eigenvalue weighted by Crippen LogP contribution is 2.24. The average Bonchev–Trinajstić information content (AvgIpc) is 2.08.